The van der Waals surface area contributed by atoms with Crippen LogP contribution in [0, 0.1) is 5.92 Å². The molecule has 18 heavy (non-hydrogen) atoms. The molecule has 4 nitrogen and oxygen atoms in total. The zero-order chi connectivity index (χ0) is 13.2. The summed E-state index contributed by atoms with van der Waals surface area (Å²) in [7, 11) is 4.00. The first-order valence-corrected chi connectivity index (χ1v) is 7.18. The molecule has 2 fully saturated rings. The van der Waals surface area contributed by atoms with Crippen molar-refractivity contribution < 1.29 is 9.90 Å². The summed E-state index contributed by atoms with van der Waals surface area (Å²) in [4.78, 5) is 14.5. The van der Waals surface area contributed by atoms with Crippen LogP contribution in [0.4, 0.5) is 0 Å². The lowest BCUT2D eigenvalue weighted by molar-refractivity contribution is -0.138. The van der Waals surface area contributed by atoms with E-state index in [1.165, 1.54) is 0 Å². The van der Waals surface area contributed by atoms with Crippen molar-refractivity contribution in [3.8, 4) is 0 Å². The van der Waals surface area contributed by atoms with E-state index >= 15 is 0 Å². The Balaban J connectivity index is 1.85. The molecule has 2 N–H and O–H groups in total. The summed E-state index contributed by atoms with van der Waals surface area (Å²) in [6, 6.07) is 0.317. The van der Waals surface area contributed by atoms with Crippen molar-refractivity contribution in [2.45, 2.75) is 56.5 Å². The van der Waals surface area contributed by atoms with E-state index < -0.39 is 0 Å². The third-order valence-electron chi connectivity index (χ3n) is 4.90. The van der Waals surface area contributed by atoms with E-state index in [9.17, 15) is 4.79 Å². The highest BCUT2D eigenvalue weighted by Crippen LogP contribution is 2.36. The smallest absolute Gasteiger partial charge is 0.240 e. The zero-order valence-electron chi connectivity index (χ0n) is 11.6. The zero-order valence-corrected chi connectivity index (χ0v) is 11.6. The van der Waals surface area contributed by atoms with Gasteiger partial charge in [0.15, 0.2) is 0 Å². The Morgan fingerprint density at radius 1 is 1.28 bits per heavy atom. The van der Waals surface area contributed by atoms with Crippen molar-refractivity contribution in [2.75, 3.05) is 20.7 Å². The monoisotopic (exact) mass is 254 g/mol. The van der Waals surface area contributed by atoms with Crippen LogP contribution in [0.15, 0.2) is 0 Å². The molecule has 0 spiro atoms. The fourth-order valence-corrected chi connectivity index (χ4v) is 3.20. The number of nitrogens with one attached hydrogen (secondary N) is 1. The summed E-state index contributed by atoms with van der Waals surface area (Å²) in [5.74, 6) is 0.663. The van der Waals surface area contributed by atoms with Crippen molar-refractivity contribution in [2.24, 2.45) is 5.92 Å². The number of amides is 1. The molecule has 0 heterocycles. The molecule has 0 unspecified atom stereocenters. The summed E-state index contributed by atoms with van der Waals surface area (Å²) in [6.45, 7) is 0.294. The number of hydrogen-bond donors (Lipinski definition) is 2. The summed E-state index contributed by atoms with van der Waals surface area (Å²) < 4.78 is 0. The predicted octanol–water partition coefficient (Wildman–Crippen LogP) is 1.14. The molecule has 0 aromatic rings. The second-order valence-electron chi connectivity index (χ2n) is 6.15. The lowest BCUT2D eigenvalue weighted by Gasteiger charge is -2.46. The SMILES string of the molecule is CN(C)C1(C(=O)NC2CCC(CO)CC2)CCC1. The van der Waals surface area contributed by atoms with Crippen molar-refractivity contribution in [1.29, 1.82) is 0 Å². The van der Waals surface area contributed by atoms with E-state index in [1.54, 1.807) is 0 Å². The lowest BCUT2D eigenvalue weighted by Crippen LogP contribution is -2.62. The van der Waals surface area contributed by atoms with Gasteiger partial charge in [0.05, 0.1) is 5.54 Å². The quantitative estimate of drug-likeness (QED) is 0.791. The van der Waals surface area contributed by atoms with Crippen LogP contribution in [0.3, 0.4) is 0 Å². The Labute approximate surface area is 110 Å². The number of likely N-dealkylation sites (N-methyl/N-ethyl adjacent to an activating group) is 1. The van der Waals surface area contributed by atoms with Crippen LogP contribution in [-0.2, 0) is 4.79 Å². The molecule has 2 aliphatic rings. The van der Waals surface area contributed by atoms with E-state index in [0.717, 1.165) is 44.9 Å². The average molecular weight is 254 g/mol. The number of aliphatic hydroxyl groups is 1. The molecule has 0 radical (unpaired) electrons. The normalized spacial score (nSPS) is 30.9. The van der Waals surface area contributed by atoms with Gasteiger partial charge >= 0.3 is 0 Å². The molecule has 0 aromatic carbocycles. The van der Waals surface area contributed by atoms with Gasteiger partial charge in [-0.1, -0.05) is 0 Å². The van der Waals surface area contributed by atoms with Crippen LogP contribution in [0.2, 0.25) is 0 Å². The first-order valence-electron chi connectivity index (χ1n) is 7.18. The van der Waals surface area contributed by atoms with Gasteiger partial charge in [-0.05, 0) is 65.0 Å². The van der Waals surface area contributed by atoms with Crippen LogP contribution in [-0.4, -0.2) is 48.2 Å². The number of rotatable bonds is 4. The summed E-state index contributed by atoms with van der Waals surface area (Å²) in [5, 5.41) is 12.3. The van der Waals surface area contributed by atoms with Gasteiger partial charge in [0.25, 0.3) is 0 Å². The lowest BCUT2D eigenvalue weighted by atomic mass is 9.74. The number of aliphatic hydroxyl groups excluding tert-OH is 1. The molecule has 2 rings (SSSR count). The predicted molar refractivity (Wildman–Crippen MR) is 71.2 cm³/mol. The Morgan fingerprint density at radius 2 is 1.89 bits per heavy atom. The molecular formula is C14H26N2O2. The Kier molecular flexibility index (Phi) is 4.28. The Bertz CT molecular complexity index is 292. The molecule has 2 saturated carbocycles. The molecule has 104 valence electrons. The highest BCUT2D eigenvalue weighted by molar-refractivity contribution is 5.87. The van der Waals surface area contributed by atoms with Gasteiger partial charge in [-0.3, -0.25) is 9.69 Å². The molecule has 0 aromatic heterocycles. The number of nitrogens with zero attached hydrogens (tertiary/aromatic N) is 1. The molecule has 0 aliphatic heterocycles. The molecule has 0 saturated heterocycles. The minimum atomic E-state index is -0.242. The number of carbonyl (C=O) groups is 1. The second kappa shape index (κ2) is 5.57. The largest absolute Gasteiger partial charge is 0.396 e. The van der Waals surface area contributed by atoms with Gasteiger partial charge in [0.2, 0.25) is 5.91 Å². The van der Waals surface area contributed by atoms with Crippen molar-refractivity contribution in [3.05, 3.63) is 0 Å². The summed E-state index contributed by atoms with van der Waals surface area (Å²) in [5.41, 5.74) is -0.242. The van der Waals surface area contributed by atoms with Gasteiger partial charge in [-0.2, -0.15) is 0 Å². The standard InChI is InChI=1S/C14H26N2O2/c1-16(2)14(8-3-9-14)13(18)15-12-6-4-11(10-17)5-7-12/h11-12,17H,3-10H2,1-2H3,(H,15,18). The fraction of sp³-hybridized carbons (Fsp3) is 0.929. The van der Waals surface area contributed by atoms with E-state index in [-0.39, 0.29) is 11.4 Å². The van der Waals surface area contributed by atoms with Crippen LogP contribution in [0.5, 0.6) is 0 Å². The molecule has 2 aliphatic carbocycles. The summed E-state index contributed by atoms with van der Waals surface area (Å²) >= 11 is 0. The van der Waals surface area contributed by atoms with E-state index in [4.69, 9.17) is 5.11 Å². The third kappa shape index (κ3) is 2.54. The van der Waals surface area contributed by atoms with Gasteiger partial charge in [-0.15, -0.1) is 0 Å². The Morgan fingerprint density at radius 3 is 2.28 bits per heavy atom. The second-order valence-corrected chi connectivity index (χ2v) is 6.15. The van der Waals surface area contributed by atoms with Crippen LogP contribution in [0.1, 0.15) is 44.9 Å². The van der Waals surface area contributed by atoms with Crippen LogP contribution >= 0.6 is 0 Å². The van der Waals surface area contributed by atoms with Crippen molar-refractivity contribution in [3.63, 3.8) is 0 Å². The first-order chi connectivity index (χ1) is 8.58. The minimum Gasteiger partial charge on any atom is -0.396 e. The topological polar surface area (TPSA) is 52.6 Å². The third-order valence-corrected chi connectivity index (χ3v) is 4.90. The van der Waals surface area contributed by atoms with Gasteiger partial charge < -0.3 is 10.4 Å². The molecule has 0 atom stereocenters. The number of carbonyl (C=O) groups excluding carboxylic acids is 1. The molecule has 1 amide bonds. The maximum absolute atomic E-state index is 12.4. The highest BCUT2D eigenvalue weighted by atomic mass is 16.3. The molecule has 0 bridgehead atoms. The van der Waals surface area contributed by atoms with Crippen molar-refractivity contribution in [1.82, 2.24) is 10.2 Å². The van der Waals surface area contributed by atoms with Gasteiger partial charge in [-0.25, -0.2) is 0 Å². The van der Waals surface area contributed by atoms with Gasteiger partial charge in [0.1, 0.15) is 0 Å². The maximum atomic E-state index is 12.4. The van der Waals surface area contributed by atoms with Gasteiger partial charge in [0, 0.05) is 12.6 Å². The maximum Gasteiger partial charge on any atom is 0.240 e. The van der Waals surface area contributed by atoms with E-state index in [1.807, 2.05) is 14.1 Å². The molecular weight excluding hydrogens is 228 g/mol. The first kappa shape index (κ1) is 13.8. The highest BCUT2D eigenvalue weighted by Gasteiger charge is 2.46. The minimum absolute atomic E-state index is 0.214. The van der Waals surface area contributed by atoms with E-state index in [0.29, 0.717) is 18.6 Å². The fourth-order valence-electron chi connectivity index (χ4n) is 3.20. The average Bonchev–Trinajstić information content (AvgIpc) is 2.28. The summed E-state index contributed by atoms with van der Waals surface area (Å²) in [6.07, 6.45) is 7.23. The Hall–Kier alpha value is -0.610. The molecule has 4 heteroatoms. The van der Waals surface area contributed by atoms with Crippen molar-refractivity contribution >= 4 is 5.91 Å². The van der Waals surface area contributed by atoms with E-state index in [2.05, 4.69) is 10.2 Å². The number of hydrogen-bond acceptors (Lipinski definition) is 3. The van der Waals surface area contributed by atoms with Crippen LogP contribution in [0.25, 0.3) is 0 Å². The van der Waals surface area contributed by atoms with Crippen LogP contribution < -0.4 is 5.32 Å².